The maximum Gasteiger partial charge on any atom is 0.0786 e. The van der Waals surface area contributed by atoms with Crippen LogP contribution in [0.15, 0.2) is 58.3 Å². The van der Waals surface area contributed by atoms with Crippen LogP contribution in [-0.2, 0) is 0 Å². The van der Waals surface area contributed by atoms with Crippen molar-refractivity contribution in [3.8, 4) is 0 Å². The fourth-order valence-electron chi connectivity index (χ4n) is 3.62. The van der Waals surface area contributed by atoms with Crippen molar-refractivity contribution in [1.29, 1.82) is 0 Å². The van der Waals surface area contributed by atoms with Crippen LogP contribution in [0, 0.1) is 0 Å². The summed E-state index contributed by atoms with van der Waals surface area (Å²) in [6, 6.07) is 14.9. The second-order valence-electron chi connectivity index (χ2n) is 8.77. The molecule has 0 atom stereocenters. The number of hydrogen-bond acceptors (Lipinski definition) is 4. The van der Waals surface area contributed by atoms with Crippen molar-refractivity contribution >= 4 is 36.6 Å². The minimum absolute atomic E-state index is 0.732. The molecule has 33 heavy (non-hydrogen) atoms. The number of thiol groups is 2. The molecule has 0 saturated carbocycles. The predicted octanol–water partition coefficient (Wildman–Crippen LogP) is 8.12. The molecule has 0 heterocycles. The fraction of sp³-hybridized carbons (Fsp3) is 0.571. The Bertz CT molecular complexity index is 599. The van der Waals surface area contributed by atoms with Gasteiger partial charge in [-0.1, -0.05) is 77.6 Å². The van der Waals surface area contributed by atoms with Crippen LogP contribution in [-0.4, -0.2) is 30.7 Å². The molecule has 0 unspecified atom stereocenters. The first-order valence-corrected chi connectivity index (χ1v) is 13.7. The lowest BCUT2D eigenvalue weighted by atomic mass is 10.1. The van der Waals surface area contributed by atoms with E-state index in [0.29, 0.717) is 0 Å². The van der Waals surface area contributed by atoms with Crippen LogP contribution in [0.3, 0.4) is 0 Å². The molecule has 2 aromatic carbocycles. The van der Waals surface area contributed by atoms with E-state index in [1.54, 1.807) is 0 Å². The average molecular weight is 493 g/mol. The number of nitrogens with two attached hydrogens (primary N) is 2. The third-order valence-electron chi connectivity index (χ3n) is 5.82. The molecule has 0 aliphatic heterocycles. The normalized spacial score (nSPS) is 10.6. The van der Waals surface area contributed by atoms with Gasteiger partial charge in [-0.15, -0.1) is 25.3 Å². The van der Waals surface area contributed by atoms with E-state index in [0.717, 1.165) is 21.2 Å². The van der Waals surface area contributed by atoms with Gasteiger partial charge in [0, 0.05) is 21.2 Å². The zero-order valence-corrected chi connectivity index (χ0v) is 23.4. The van der Waals surface area contributed by atoms with E-state index in [-0.39, 0.29) is 0 Å². The molecule has 0 radical (unpaired) electrons. The van der Waals surface area contributed by atoms with E-state index in [9.17, 15) is 0 Å². The van der Waals surface area contributed by atoms with Gasteiger partial charge in [0.1, 0.15) is 0 Å². The van der Waals surface area contributed by atoms with Gasteiger partial charge in [0.25, 0.3) is 0 Å². The molecule has 188 valence electrons. The summed E-state index contributed by atoms with van der Waals surface area (Å²) in [5.74, 6) is 0. The van der Waals surface area contributed by atoms with Gasteiger partial charge in [-0.2, -0.15) is 0 Å². The van der Waals surface area contributed by atoms with Crippen LogP contribution in [0.1, 0.15) is 79.1 Å². The van der Waals surface area contributed by atoms with Crippen molar-refractivity contribution < 1.29 is 4.48 Å². The maximum atomic E-state index is 5.44. The Balaban J connectivity index is 0.000000525. The smallest absolute Gasteiger partial charge is 0.0786 e. The molecule has 0 spiro atoms. The Morgan fingerprint density at radius 1 is 0.545 bits per heavy atom. The van der Waals surface area contributed by atoms with Crippen LogP contribution in [0.4, 0.5) is 11.4 Å². The van der Waals surface area contributed by atoms with E-state index >= 15 is 0 Å². The Hall–Kier alpha value is -1.30. The lowest BCUT2D eigenvalue weighted by Crippen LogP contribution is -2.50. The lowest BCUT2D eigenvalue weighted by molar-refractivity contribution is -0.929. The number of nitrogen functional groups attached to an aromatic ring is 2. The summed E-state index contributed by atoms with van der Waals surface area (Å²) in [5.41, 5.74) is 12.4. The molecular weight excluding hydrogens is 442 g/mol. The van der Waals surface area contributed by atoms with E-state index < -0.39 is 0 Å². The molecule has 0 saturated heterocycles. The van der Waals surface area contributed by atoms with Crippen molar-refractivity contribution in [2.45, 2.75) is 88.9 Å². The Morgan fingerprint density at radius 3 is 1.00 bits per heavy atom. The molecule has 0 fully saturated rings. The van der Waals surface area contributed by atoms with Gasteiger partial charge >= 0.3 is 0 Å². The van der Waals surface area contributed by atoms with Gasteiger partial charge in [-0.05, 0) is 49.9 Å². The third-order valence-corrected chi connectivity index (χ3v) is 6.63. The minimum atomic E-state index is 0.732. The highest BCUT2D eigenvalue weighted by Gasteiger charge is 2.24. The van der Waals surface area contributed by atoms with Crippen molar-refractivity contribution in [2.75, 3.05) is 37.6 Å². The number of benzene rings is 2. The molecule has 3 nitrogen and oxygen atoms in total. The maximum absolute atomic E-state index is 5.44. The molecule has 0 amide bonds. The summed E-state index contributed by atoms with van der Waals surface area (Å²) >= 11 is 8.15. The molecule has 2 rings (SSSR count). The summed E-state index contributed by atoms with van der Waals surface area (Å²) < 4.78 is 1.42. The summed E-state index contributed by atoms with van der Waals surface area (Å²) in [4.78, 5) is 1.68. The van der Waals surface area contributed by atoms with Crippen molar-refractivity contribution in [2.24, 2.45) is 0 Å². The highest BCUT2D eigenvalue weighted by atomic mass is 32.1. The molecule has 2 aromatic rings. The predicted molar refractivity (Wildman–Crippen MR) is 156 cm³/mol. The average Bonchev–Trinajstić information content (AvgIpc) is 2.83. The standard InChI is InChI=1S/C16H36N.2C6H7NS/c1-5-9-13-17(14-10-6-2,15-11-7-3)16-12-8-4;2*7-5-3-1-2-4-6(5)8/h5-16H2,1-4H3;2*1-4,8H,7H2/q+1;;. The zero-order chi connectivity index (χ0) is 25.0. The third kappa shape index (κ3) is 15.3. The summed E-state index contributed by atoms with van der Waals surface area (Å²) in [6.45, 7) is 15.0. The lowest BCUT2D eigenvalue weighted by Gasteiger charge is -2.39. The molecule has 0 bridgehead atoms. The van der Waals surface area contributed by atoms with Gasteiger partial charge in [0.15, 0.2) is 0 Å². The van der Waals surface area contributed by atoms with Crippen LogP contribution in [0.5, 0.6) is 0 Å². The van der Waals surface area contributed by atoms with Crippen LogP contribution < -0.4 is 11.5 Å². The van der Waals surface area contributed by atoms with Crippen LogP contribution in [0.2, 0.25) is 0 Å². The number of nitrogens with zero attached hydrogens (tertiary/aromatic N) is 1. The Morgan fingerprint density at radius 2 is 0.818 bits per heavy atom. The second-order valence-corrected chi connectivity index (χ2v) is 9.73. The number of unbranched alkanes of at least 4 members (excludes halogenated alkanes) is 4. The minimum Gasteiger partial charge on any atom is -0.398 e. The number of hydrogen-bond donors (Lipinski definition) is 4. The van der Waals surface area contributed by atoms with E-state index in [1.165, 1.54) is 82.0 Å². The van der Waals surface area contributed by atoms with Crippen LogP contribution >= 0.6 is 25.3 Å². The highest BCUT2D eigenvalue weighted by molar-refractivity contribution is 7.80. The Kier molecular flexibility index (Phi) is 19.3. The molecule has 0 aliphatic carbocycles. The number of anilines is 2. The summed E-state index contributed by atoms with van der Waals surface area (Å²) in [7, 11) is 0. The molecule has 4 N–H and O–H groups in total. The number of quaternary nitrogens is 1. The highest BCUT2D eigenvalue weighted by Crippen LogP contribution is 2.17. The van der Waals surface area contributed by atoms with Gasteiger partial charge in [0.05, 0.1) is 26.2 Å². The van der Waals surface area contributed by atoms with Crippen LogP contribution in [0.25, 0.3) is 0 Å². The largest absolute Gasteiger partial charge is 0.398 e. The topological polar surface area (TPSA) is 52.0 Å². The van der Waals surface area contributed by atoms with Crippen molar-refractivity contribution in [3.63, 3.8) is 0 Å². The monoisotopic (exact) mass is 492 g/mol. The first-order valence-electron chi connectivity index (χ1n) is 12.8. The van der Waals surface area contributed by atoms with Gasteiger partial charge in [-0.3, -0.25) is 0 Å². The zero-order valence-electron chi connectivity index (χ0n) is 21.6. The van der Waals surface area contributed by atoms with Gasteiger partial charge < -0.3 is 16.0 Å². The van der Waals surface area contributed by atoms with E-state index in [2.05, 4.69) is 53.0 Å². The van der Waals surface area contributed by atoms with Crippen molar-refractivity contribution in [1.82, 2.24) is 0 Å². The van der Waals surface area contributed by atoms with Gasteiger partial charge in [0.2, 0.25) is 0 Å². The first kappa shape index (κ1) is 31.7. The second kappa shape index (κ2) is 20.1. The molecular formula is C28H50N3S2+. The summed E-state index contributed by atoms with van der Waals surface area (Å²) in [5, 5.41) is 0. The molecule has 0 aromatic heterocycles. The summed E-state index contributed by atoms with van der Waals surface area (Å²) in [6.07, 6.45) is 11.1. The quantitative estimate of drug-likeness (QED) is 0.137. The Labute approximate surface area is 215 Å². The first-order chi connectivity index (χ1) is 15.9. The van der Waals surface area contributed by atoms with Crippen molar-refractivity contribution in [3.05, 3.63) is 48.5 Å². The SMILES string of the molecule is CCCC[N+](CCCC)(CCCC)CCCC.Nc1ccccc1S.Nc1ccccc1S. The molecule has 5 heteroatoms. The number of rotatable bonds is 12. The molecule has 0 aliphatic rings. The van der Waals surface area contributed by atoms with E-state index in [4.69, 9.17) is 11.5 Å². The fourth-order valence-corrected chi connectivity index (χ4v) is 3.94. The van der Waals surface area contributed by atoms with E-state index in [1.807, 2.05) is 48.5 Å². The van der Waals surface area contributed by atoms with Gasteiger partial charge in [-0.25, -0.2) is 0 Å². The number of para-hydroxylation sites is 2.